The van der Waals surface area contributed by atoms with Crippen molar-refractivity contribution in [2.45, 2.75) is 26.3 Å². The Labute approximate surface area is 114 Å². The van der Waals surface area contributed by atoms with Gasteiger partial charge < -0.3 is 10.1 Å². The van der Waals surface area contributed by atoms with E-state index in [1.165, 1.54) is 35.0 Å². The second-order valence-electron chi connectivity index (χ2n) is 5.70. The molecule has 0 bridgehead atoms. The van der Waals surface area contributed by atoms with Crippen LogP contribution in [0, 0.1) is 12.8 Å². The predicted molar refractivity (Wildman–Crippen MR) is 78.1 cm³/mol. The van der Waals surface area contributed by atoms with Crippen molar-refractivity contribution in [2.75, 3.05) is 19.7 Å². The summed E-state index contributed by atoms with van der Waals surface area (Å²) in [4.78, 5) is 5.94. The Kier molecular flexibility index (Phi) is 3.58. The number of aryl methyl sites for hydroxylation is 1. The summed E-state index contributed by atoms with van der Waals surface area (Å²) in [5.41, 5.74) is 3.91. The first kappa shape index (κ1) is 12.7. The highest BCUT2D eigenvalue weighted by Crippen LogP contribution is 2.25. The third-order valence-electron chi connectivity index (χ3n) is 4.27. The molecule has 1 saturated heterocycles. The van der Waals surface area contributed by atoms with E-state index in [1.54, 1.807) is 0 Å². The third-order valence-corrected chi connectivity index (χ3v) is 4.27. The predicted octanol–water partition coefficient (Wildman–Crippen LogP) is 2.68. The average Bonchev–Trinajstić information content (AvgIpc) is 2.76. The van der Waals surface area contributed by atoms with Gasteiger partial charge in [-0.25, -0.2) is 0 Å². The van der Waals surface area contributed by atoms with Crippen LogP contribution >= 0.6 is 0 Å². The molecule has 19 heavy (non-hydrogen) atoms. The molecule has 0 spiro atoms. The lowest BCUT2D eigenvalue weighted by Gasteiger charge is -2.31. The number of H-pyrrole nitrogens is 1. The summed E-state index contributed by atoms with van der Waals surface area (Å²) >= 11 is 0. The van der Waals surface area contributed by atoms with Crippen molar-refractivity contribution in [2.24, 2.45) is 5.92 Å². The largest absolute Gasteiger partial charge is 0.396 e. The summed E-state index contributed by atoms with van der Waals surface area (Å²) in [6.45, 7) is 5.64. The first-order chi connectivity index (χ1) is 9.28. The van der Waals surface area contributed by atoms with Crippen molar-refractivity contribution in [3.05, 3.63) is 35.5 Å². The average molecular weight is 258 g/mol. The first-order valence-corrected chi connectivity index (χ1v) is 7.17. The molecule has 0 amide bonds. The Balaban J connectivity index is 1.83. The monoisotopic (exact) mass is 258 g/mol. The topological polar surface area (TPSA) is 39.3 Å². The van der Waals surface area contributed by atoms with Crippen LogP contribution in [0.15, 0.2) is 24.3 Å². The number of rotatable bonds is 3. The standard InChI is InChI=1S/C16H22N2O/c1-12-15(14-6-2-3-7-16(14)17-12)10-18-8-4-5-13(9-18)11-19/h2-3,6-7,13,17,19H,4-5,8-11H2,1H3. The van der Waals surface area contributed by atoms with Crippen LogP contribution in [0.3, 0.4) is 0 Å². The molecule has 2 N–H and O–H groups in total. The van der Waals surface area contributed by atoms with Crippen molar-refractivity contribution < 1.29 is 5.11 Å². The Morgan fingerprint density at radius 2 is 2.21 bits per heavy atom. The minimum Gasteiger partial charge on any atom is -0.396 e. The summed E-state index contributed by atoms with van der Waals surface area (Å²) in [6.07, 6.45) is 2.37. The smallest absolute Gasteiger partial charge is 0.0471 e. The number of nitrogens with zero attached hydrogens (tertiary/aromatic N) is 1. The molecule has 2 heterocycles. The zero-order valence-electron chi connectivity index (χ0n) is 11.5. The molecule has 102 valence electrons. The van der Waals surface area contributed by atoms with Gasteiger partial charge in [-0.1, -0.05) is 18.2 Å². The maximum atomic E-state index is 9.33. The fourth-order valence-corrected chi connectivity index (χ4v) is 3.21. The summed E-state index contributed by atoms with van der Waals surface area (Å²) < 4.78 is 0. The molecule has 0 aliphatic carbocycles. The van der Waals surface area contributed by atoms with Crippen molar-refractivity contribution >= 4 is 10.9 Å². The van der Waals surface area contributed by atoms with Gasteiger partial charge in [-0.05, 0) is 43.9 Å². The van der Waals surface area contributed by atoms with E-state index < -0.39 is 0 Å². The SMILES string of the molecule is Cc1[nH]c2ccccc2c1CN1CCCC(CO)C1. The molecule has 1 aromatic carbocycles. The van der Waals surface area contributed by atoms with Gasteiger partial charge in [0, 0.05) is 36.3 Å². The summed E-state index contributed by atoms with van der Waals surface area (Å²) in [6, 6.07) is 8.51. The molecular weight excluding hydrogens is 236 g/mol. The molecule has 3 heteroatoms. The third kappa shape index (κ3) is 2.53. The van der Waals surface area contributed by atoms with Gasteiger partial charge in [0.05, 0.1) is 0 Å². The van der Waals surface area contributed by atoms with Crippen molar-refractivity contribution in [1.82, 2.24) is 9.88 Å². The number of piperidine rings is 1. The normalized spacial score (nSPS) is 21.1. The number of para-hydroxylation sites is 1. The zero-order chi connectivity index (χ0) is 13.2. The molecule has 1 aliphatic heterocycles. The Morgan fingerprint density at radius 1 is 1.37 bits per heavy atom. The highest BCUT2D eigenvalue weighted by molar-refractivity contribution is 5.84. The quantitative estimate of drug-likeness (QED) is 0.888. The van der Waals surface area contributed by atoms with Crippen molar-refractivity contribution in [3.63, 3.8) is 0 Å². The number of likely N-dealkylation sites (tertiary alicyclic amines) is 1. The fourth-order valence-electron chi connectivity index (χ4n) is 3.21. The lowest BCUT2D eigenvalue weighted by atomic mass is 9.98. The van der Waals surface area contributed by atoms with Crippen LogP contribution in [-0.2, 0) is 6.54 Å². The second-order valence-corrected chi connectivity index (χ2v) is 5.70. The number of nitrogens with one attached hydrogen (secondary N) is 1. The van der Waals surface area contributed by atoms with Gasteiger partial charge in [0.2, 0.25) is 0 Å². The zero-order valence-corrected chi connectivity index (χ0v) is 11.5. The van der Waals surface area contributed by atoms with Gasteiger partial charge in [-0.2, -0.15) is 0 Å². The molecule has 1 unspecified atom stereocenters. The molecule has 1 atom stereocenters. The minimum absolute atomic E-state index is 0.323. The molecule has 1 aromatic heterocycles. The molecule has 0 saturated carbocycles. The molecule has 3 rings (SSSR count). The number of benzene rings is 1. The molecule has 1 aliphatic rings. The van der Waals surface area contributed by atoms with Gasteiger partial charge >= 0.3 is 0 Å². The Bertz CT molecular complexity index is 561. The lowest BCUT2D eigenvalue weighted by molar-refractivity contribution is 0.116. The van der Waals surface area contributed by atoms with Crippen molar-refractivity contribution in [1.29, 1.82) is 0 Å². The highest BCUT2D eigenvalue weighted by Gasteiger charge is 2.20. The summed E-state index contributed by atoms with van der Waals surface area (Å²) in [5.74, 6) is 0.458. The van der Waals surface area contributed by atoms with Crippen LogP contribution in [0.25, 0.3) is 10.9 Å². The number of aliphatic hydroxyl groups excluding tert-OH is 1. The fraction of sp³-hybridized carbons (Fsp3) is 0.500. The minimum atomic E-state index is 0.323. The van der Waals surface area contributed by atoms with Crippen LogP contribution in [-0.4, -0.2) is 34.7 Å². The molecule has 2 aromatic rings. The number of fused-ring (bicyclic) bond motifs is 1. The Hall–Kier alpha value is -1.32. The van der Waals surface area contributed by atoms with E-state index in [2.05, 4.69) is 41.1 Å². The van der Waals surface area contributed by atoms with Gasteiger partial charge in [-0.15, -0.1) is 0 Å². The molecule has 1 fully saturated rings. The molecule has 3 nitrogen and oxygen atoms in total. The van der Waals surface area contributed by atoms with Gasteiger partial charge in [-0.3, -0.25) is 4.90 Å². The van der Waals surface area contributed by atoms with E-state index in [1.807, 2.05) is 0 Å². The second kappa shape index (κ2) is 5.35. The van der Waals surface area contributed by atoms with E-state index >= 15 is 0 Å². The van der Waals surface area contributed by atoms with E-state index in [0.29, 0.717) is 12.5 Å². The van der Waals surface area contributed by atoms with Crippen molar-refractivity contribution in [3.8, 4) is 0 Å². The van der Waals surface area contributed by atoms with E-state index in [0.717, 1.165) is 19.6 Å². The number of aliphatic hydroxyl groups is 1. The van der Waals surface area contributed by atoms with Gasteiger partial charge in [0.15, 0.2) is 0 Å². The summed E-state index contributed by atoms with van der Waals surface area (Å²) in [7, 11) is 0. The number of hydrogen-bond acceptors (Lipinski definition) is 2. The first-order valence-electron chi connectivity index (χ1n) is 7.17. The van der Waals surface area contributed by atoms with Crippen LogP contribution in [0.4, 0.5) is 0 Å². The van der Waals surface area contributed by atoms with E-state index in [9.17, 15) is 5.11 Å². The van der Waals surface area contributed by atoms with Crippen LogP contribution in [0.5, 0.6) is 0 Å². The van der Waals surface area contributed by atoms with E-state index in [4.69, 9.17) is 0 Å². The number of aromatic nitrogens is 1. The molecular formula is C16H22N2O. The maximum Gasteiger partial charge on any atom is 0.0471 e. The number of aromatic amines is 1. The molecule has 0 radical (unpaired) electrons. The highest BCUT2D eigenvalue weighted by atomic mass is 16.3. The van der Waals surface area contributed by atoms with Crippen LogP contribution in [0.1, 0.15) is 24.1 Å². The number of hydrogen-bond donors (Lipinski definition) is 2. The summed E-state index contributed by atoms with van der Waals surface area (Å²) in [5, 5.41) is 10.7. The van der Waals surface area contributed by atoms with Crippen LogP contribution < -0.4 is 0 Å². The maximum absolute atomic E-state index is 9.33. The lowest BCUT2D eigenvalue weighted by Crippen LogP contribution is -2.36. The van der Waals surface area contributed by atoms with Gasteiger partial charge in [0.1, 0.15) is 0 Å². The van der Waals surface area contributed by atoms with Crippen LogP contribution in [0.2, 0.25) is 0 Å². The van der Waals surface area contributed by atoms with E-state index in [-0.39, 0.29) is 0 Å². The van der Waals surface area contributed by atoms with Gasteiger partial charge in [0.25, 0.3) is 0 Å². The Morgan fingerprint density at radius 3 is 3.05 bits per heavy atom.